The average Bonchev–Trinajstić information content (AvgIpc) is 2.36. The van der Waals surface area contributed by atoms with E-state index in [1.165, 1.54) is 0 Å². The van der Waals surface area contributed by atoms with Crippen LogP contribution in [0.4, 0.5) is 0 Å². The van der Waals surface area contributed by atoms with Gasteiger partial charge in [-0.2, -0.15) is 0 Å². The van der Waals surface area contributed by atoms with Crippen LogP contribution < -0.4 is 11.1 Å². The Morgan fingerprint density at radius 2 is 1.89 bits per heavy atom. The van der Waals surface area contributed by atoms with Gasteiger partial charge >= 0.3 is 0 Å². The molecule has 1 saturated carbocycles. The fourth-order valence-electron chi connectivity index (χ4n) is 2.82. The van der Waals surface area contributed by atoms with Crippen LogP contribution in [0.5, 0.6) is 0 Å². The van der Waals surface area contributed by atoms with E-state index < -0.39 is 0 Å². The minimum Gasteiger partial charge on any atom is -0.364 e. The fourth-order valence-corrected chi connectivity index (χ4v) is 2.82. The molecule has 1 aliphatic carbocycles. The summed E-state index contributed by atoms with van der Waals surface area (Å²) >= 11 is 0. The highest BCUT2D eigenvalue weighted by Crippen LogP contribution is 2.37. The molecule has 3 N–H and O–H groups in total. The van der Waals surface area contributed by atoms with E-state index in [1.54, 1.807) is 0 Å². The monoisotopic (exact) mass is 270 g/mol. The first-order valence-corrected chi connectivity index (χ1v) is 7.52. The number of nitrogens with one attached hydrogen (secondary N) is 1. The third-order valence-corrected chi connectivity index (χ3v) is 4.22. The quantitative estimate of drug-likeness (QED) is 0.776. The second-order valence-corrected chi connectivity index (χ2v) is 6.48. The number of rotatable bonds is 6. The van der Waals surface area contributed by atoms with Gasteiger partial charge in [-0.25, -0.2) is 0 Å². The molecular weight excluding hydrogens is 240 g/mol. The van der Waals surface area contributed by atoms with E-state index in [0.29, 0.717) is 6.54 Å². The number of carbonyl (C=O) groups is 1. The van der Waals surface area contributed by atoms with E-state index in [0.717, 1.165) is 37.5 Å². The number of hydrogen-bond donors (Lipinski definition) is 2. The van der Waals surface area contributed by atoms with Crippen molar-refractivity contribution in [3.05, 3.63) is 0 Å². The summed E-state index contributed by atoms with van der Waals surface area (Å²) in [4.78, 5) is 11.6. The SMILES string of the molecule is CC(C)NC(=O)COC1(CN)CCC(C(C)C)CC1. The lowest BCUT2D eigenvalue weighted by atomic mass is 9.74. The molecule has 1 amide bonds. The van der Waals surface area contributed by atoms with Crippen LogP contribution in [0.1, 0.15) is 53.4 Å². The molecule has 0 aromatic rings. The lowest BCUT2D eigenvalue weighted by Gasteiger charge is -2.40. The minimum atomic E-state index is -0.278. The van der Waals surface area contributed by atoms with Crippen molar-refractivity contribution in [2.75, 3.05) is 13.2 Å². The third-order valence-electron chi connectivity index (χ3n) is 4.22. The van der Waals surface area contributed by atoms with E-state index >= 15 is 0 Å². The Balaban J connectivity index is 2.43. The molecule has 1 rings (SSSR count). The maximum atomic E-state index is 11.6. The molecule has 0 saturated heterocycles. The van der Waals surface area contributed by atoms with Crippen molar-refractivity contribution < 1.29 is 9.53 Å². The molecule has 19 heavy (non-hydrogen) atoms. The lowest BCUT2D eigenvalue weighted by Crippen LogP contribution is -2.47. The van der Waals surface area contributed by atoms with Gasteiger partial charge < -0.3 is 15.8 Å². The second kappa shape index (κ2) is 7.25. The van der Waals surface area contributed by atoms with Crippen molar-refractivity contribution >= 4 is 5.91 Å². The number of ether oxygens (including phenoxy) is 1. The van der Waals surface area contributed by atoms with Gasteiger partial charge in [0.25, 0.3) is 0 Å². The molecule has 4 nitrogen and oxygen atoms in total. The summed E-state index contributed by atoms with van der Waals surface area (Å²) in [5.74, 6) is 1.45. The molecule has 0 unspecified atom stereocenters. The summed E-state index contributed by atoms with van der Waals surface area (Å²) < 4.78 is 5.87. The van der Waals surface area contributed by atoms with Gasteiger partial charge in [0.1, 0.15) is 6.61 Å². The number of nitrogens with two attached hydrogens (primary N) is 1. The van der Waals surface area contributed by atoms with Gasteiger partial charge in [0.05, 0.1) is 5.60 Å². The van der Waals surface area contributed by atoms with E-state index in [9.17, 15) is 4.79 Å². The summed E-state index contributed by atoms with van der Waals surface area (Å²) in [6.45, 7) is 9.08. The van der Waals surface area contributed by atoms with Crippen LogP contribution in [0, 0.1) is 11.8 Å². The first kappa shape index (κ1) is 16.4. The Bertz CT molecular complexity index is 282. The first-order chi connectivity index (χ1) is 8.88. The van der Waals surface area contributed by atoms with Crippen molar-refractivity contribution in [3.8, 4) is 0 Å². The van der Waals surface area contributed by atoms with E-state index in [2.05, 4.69) is 19.2 Å². The predicted octanol–water partition coefficient (Wildman–Crippen LogP) is 2.07. The number of amides is 1. The Hall–Kier alpha value is -0.610. The summed E-state index contributed by atoms with van der Waals surface area (Å²) in [6.07, 6.45) is 4.25. The lowest BCUT2D eigenvalue weighted by molar-refractivity contribution is -0.137. The highest BCUT2D eigenvalue weighted by molar-refractivity contribution is 5.77. The van der Waals surface area contributed by atoms with Gasteiger partial charge in [-0.3, -0.25) is 4.79 Å². The van der Waals surface area contributed by atoms with Gasteiger partial charge in [0.15, 0.2) is 0 Å². The molecule has 0 aliphatic heterocycles. The van der Waals surface area contributed by atoms with Crippen molar-refractivity contribution in [2.24, 2.45) is 17.6 Å². The molecule has 0 bridgehead atoms. The number of hydrogen-bond acceptors (Lipinski definition) is 3. The molecule has 0 aromatic heterocycles. The van der Waals surface area contributed by atoms with Gasteiger partial charge in [-0.1, -0.05) is 13.8 Å². The summed E-state index contributed by atoms with van der Waals surface area (Å²) in [7, 11) is 0. The molecule has 0 heterocycles. The van der Waals surface area contributed by atoms with Gasteiger partial charge in [-0.05, 0) is 51.4 Å². The zero-order valence-corrected chi connectivity index (χ0v) is 12.9. The average molecular weight is 270 g/mol. The molecule has 1 aliphatic rings. The van der Waals surface area contributed by atoms with Crippen LogP contribution in [0.2, 0.25) is 0 Å². The molecule has 4 heteroatoms. The van der Waals surface area contributed by atoms with Crippen LogP contribution in [0.15, 0.2) is 0 Å². The molecule has 1 fully saturated rings. The smallest absolute Gasteiger partial charge is 0.246 e. The summed E-state index contributed by atoms with van der Waals surface area (Å²) in [6, 6.07) is 0.154. The molecule has 0 aromatic carbocycles. The van der Waals surface area contributed by atoms with Gasteiger partial charge in [-0.15, -0.1) is 0 Å². The first-order valence-electron chi connectivity index (χ1n) is 7.52. The van der Waals surface area contributed by atoms with Crippen LogP contribution in [0.3, 0.4) is 0 Å². The Morgan fingerprint density at radius 1 is 1.32 bits per heavy atom. The van der Waals surface area contributed by atoms with Crippen molar-refractivity contribution in [1.29, 1.82) is 0 Å². The van der Waals surface area contributed by atoms with E-state index in [-0.39, 0.29) is 24.2 Å². The zero-order valence-electron chi connectivity index (χ0n) is 12.9. The van der Waals surface area contributed by atoms with Crippen LogP contribution in [0.25, 0.3) is 0 Å². The van der Waals surface area contributed by atoms with Crippen molar-refractivity contribution in [1.82, 2.24) is 5.32 Å². The maximum Gasteiger partial charge on any atom is 0.246 e. The zero-order chi connectivity index (χ0) is 14.5. The number of carbonyl (C=O) groups excluding carboxylic acids is 1. The summed E-state index contributed by atoms with van der Waals surface area (Å²) in [5.41, 5.74) is 5.61. The van der Waals surface area contributed by atoms with E-state index in [1.807, 2.05) is 13.8 Å². The third kappa shape index (κ3) is 5.11. The topological polar surface area (TPSA) is 64.3 Å². The Kier molecular flexibility index (Phi) is 6.27. The van der Waals surface area contributed by atoms with Gasteiger partial charge in [0, 0.05) is 12.6 Å². The molecule has 0 atom stereocenters. The summed E-state index contributed by atoms with van der Waals surface area (Å²) in [5, 5.41) is 2.85. The van der Waals surface area contributed by atoms with Crippen LogP contribution in [-0.2, 0) is 9.53 Å². The van der Waals surface area contributed by atoms with E-state index in [4.69, 9.17) is 10.5 Å². The predicted molar refractivity (Wildman–Crippen MR) is 77.8 cm³/mol. The van der Waals surface area contributed by atoms with Crippen molar-refractivity contribution in [3.63, 3.8) is 0 Å². The highest BCUT2D eigenvalue weighted by atomic mass is 16.5. The Labute approximate surface area is 117 Å². The van der Waals surface area contributed by atoms with Gasteiger partial charge in [0.2, 0.25) is 5.91 Å². The minimum absolute atomic E-state index is 0.0474. The maximum absolute atomic E-state index is 11.6. The highest BCUT2D eigenvalue weighted by Gasteiger charge is 2.36. The van der Waals surface area contributed by atoms with Crippen LogP contribution in [-0.4, -0.2) is 30.7 Å². The fraction of sp³-hybridized carbons (Fsp3) is 0.933. The standard InChI is InChI=1S/C15H30N2O2/c1-11(2)13-5-7-15(10-16,8-6-13)19-9-14(18)17-12(3)4/h11-13H,5-10,16H2,1-4H3,(H,17,18). The normalized spacial score (nSPS) is 27.8. The van der Waals surface area contributed by atoms with Crippen molar-refractivity contribution in [2.45, 2.75) is 65.0 Å². The largest absolute Gasteiger partial charge is 0.364 e. The second-order valence-electron chi connectivity index (χ2n) is 6.48. The molecule has 0 spiro atoms. The molecular formula is C15H30N2O2. The Morgan fingerprint density at radius 3 is 2.32 bits per heavy atom. The molecule has 0 radical (unpaired) electrons. The van der Waals surface area contributed by atoms with Crippen LogP contribution >= 0.6 is 0 Å². The molecule has 112 valence electrons.